The molecule has 0 saturated carbocycles. The molecule has 1 amide bonds. The second-order valence-electron chi connectivity index (χ2n) is 11.0. The molecule has 204 valence electrons. The number of nitrogens with one attached hydrogen (secondary N) is 1. The number of benzene rings is 3. The smallest absolute Gasteiger partial charge is 0.488 e. The van der Waals surface area contributed by atoms with Crippen LogP contribution in [0.1, 0.15) is 56.1 Å². The fourth-order valence-electron chi connectivity index (χ4n) is 4.04. The quantitative estimate of drug-likeness (QED) is 0.195. The lowest BCUT2D eigenvalue weighted by atomic mass is 9.79. The van der Waals surface area contributed by atoms with Crippen molar-refractivity contribution in [2.24, 2.45) is 5.10 Å². The summed E-state index contributed by atoms with van der Waals surface area (Å²) in [6, 6.07) is 20.7. The molecule has 0 radical (unpaired) electrons. The van der Waals surface area contributed by atoms with Crippen LogP contribution in [0.2, 0.25) is 0 Å². The van der Waals surface area contributed by atoms with Crippen LogP contribution in [0.15, 0.2) is 71.8 Å². The first-order valence-electron chi connectivity index (χ1n) is 13.0. The number of anilines is 2. The molecule has 0 spiro atoms. The van der Waals surface area contributed by atoms with Crippen molar-refractivity contribution < 1.29 is 18.8 Å². The summed E-state index contributed by atoms with van der Waals surface area (Å²) in [5.41, 5.74) is 13.2. The Morgan fingerprint density at radius 1 is 0.974 bits per heavy atom. The fourth-order valence-corrected chi connectivity index (χ4v) is 4.04. The number of nitrogen functional groups attached to an aromatic ring is 1. The van der Waals surface area contributed by atoms with Crippen molar-refractivity contribution in [1.82, 2.24) is 5.43 Å². The normalized spacial score (nSPS) is 16.2. The molecule has 1 aliphatic heterocycles. The minimum atomic E-state index is -0.409. The molecular weight excluding hydrogens is 491 g/mol. The van der Waals surface area contributed by atoms with Gasteiger partial charge in [-0.25, -0.2) is 5.43 Å². The molecule has 1 heterocycles. The number of ether oxygens (including phenoxy) is 1. The van der Waals surface area contributed by atoms with E-state index >= 15 is 0 Å². The number of carbonyl (C=O) groups is 1. The van der Waals surface area contributed by atoms with Gasteiger partial charge in [0.1, 0.15) is 12.4 Å². The van der Waals surface area contributed by atoms with Crippen molar-refractivity contribution in [3.63, 3.8) is 0 Å². The Labute approximate surface area is 231 Å². The van der Waals surface area contributed by atoms with Crippen molar-refractivity contribution in [2.45, 2.75) is 52.4 Å². The van der Waals surface area contributed by atoms with Crippen molar-refractivity contribution in [3.05, 3.63) is 83.4 Å². The molecule has 1 aliphatic rings. The summed E-state index contributed by atoms with van der Waals surface area (Å²) in [5, 5.41) is 4.31. The van der Waals surface area contributed by atoms with E-state index in [1.165, 1.54) is 0 Å². The average Bonchev–Trinajstić information content (AvgIpc) is 3.13. The van der Waals surface area contributed by atoms with E-state index in [0.717, 1.165) is 16.7 Å². The van der Waals surface area contributed by atoms with Crippen LogP contribution >= 0.6 is 0 Å². The molecule has 0 aliphatic carbocycles. The van der Waals surface area contributed by atoms with Crippen LogP contribution in [0.4, 0.5) is 11.4 Å². The highest BCUT2D eigenvalue weighted by Gasteiger charge is 2.51. The maximum Gasteiger partial charge on any atom is 0.494 e. The number of carbonyl (C=O) groups excluding carboxylic acids is 1. The summed E-state index contributed by atoms with van der Waals surface area (Å²) in [7, 11) is 3.49. The minimum Gasteiger partial charge on any atom is -0.488 e. The number of hydrogen-bond donors (Lipinski definition) is 2. The molecule has 0 bridgehead atoms. The number of rotatable bonds is 8. The Morgan fingerprint density at radius 3 is 2.18 bits per heavy atom. The molecule has 3 N–H and O–H groups in total. The molecule has 4 rings (SSSR count). The van der Waals surface area contributed by atoms with E-state index in [9.17, 15) is 4.79 Å². The number of hydrogen-bond acceptors (Lipinski definition) is 7. The number of amides is 1. The van der Waals surface area contributed by atoms with Gasteiger partial charge in [0, 0.05) is 36.6 Å². The third-order valence-electron chi connectivity index (χ3n) is 7.26. The van der Waals surface area contributed by atoms with E-state index in [1.54, 1.807) is 31.2 Å². The lowest BCUT2D eigenvalue weighted by Gasteiger charge is -2.32. The third-order valence-corrected chi connectivity index (χ3v) is 7.26. The Balaban J connectivity index is 1.42. The third kappa shape index (κ3) is 6.43. The van der Waals surface area contributed by atoms with Gasteiger partial charge in [0.05, 0.1) is 16.9 Å². The largest absolute Gasteiger partial charge is 0.494 e. The standard InChI is InChI=1S/C30H37BN4O4/c1-20(33-34-28(36)22-10-15-25(16-11-22)35(6)7)26-18-24(32)14-17-27(26)37-19-21-8-12-23(13-9-21)31-38-29(2,3)30(4,5)39-31/h8-18H,19,32H2,1-7H3,(H,34,36). The molecule has 0 unspecified atom stereocenters. The van der Waals surface area contributed by atoms with Crippen molar-refractivity contribution in [3.8, 4) is 5.75 Å². The minimum absolute atomic E-state index is 0.298. The summed E-state index contributed by atoms with van der Waals surface area (Å²) in [5.74, 6) is 0.318. The molecular formula is C30H37BN4O4. The van der Waals surface area contributed by atoms with Gasteiger partial charge in [0.15, 0.2) is 0 Å². The molecule has 1 saturated heterocycles. The van der Waals surface area contributed by atoms with E-state index in [1.807, 2.05) is 89.2 Å². The monoisotopic (exact) mass is 528 g/mol. The Kier molecular flexibility index (Phi) is 8.04. The molecule has 1 fully saturated rings. The van der Waals surface area contributed by atoms with Crippen molar-refractivity contribution in [2.75, 3.05) is 24.7 Å². The second-order valence-corrected chi connectivity index (χ2v) is 11.0. The van der Waals surface area contributed by atoms with Crippen LogP contribution in [-0.2, 0) is 15.9 Å². The van der Waals surface area contributed by atoms with Crippen molar-refractivity contribution in [1.29, 1.82) is 0 Å². The zero-order chi connectivity index (χ0) is 28.4. The van der Waals surface area contributed by atoms with E-state index in [2.05, 4.69) is 10.5 Å². The van der Waals surface area contributed by atoms with E-state index in [4.69, 9.17) is 19.8 Å². The molecule has 0 aromatic heterocycles. The predicted octanol–water partition coefficient (Wildman–Crippen LogP) is 4.37. The van der Waals surface area contributed by atoms with Gasteiger partial charge in [-0.1, -0.05) is 24.3 Å². The Hall–Kier alpha value is -3.82. The topological polar surface area (TPSA) is 98.4 Å². The highest BCUT2D eigenvalue weighted by atomic mass is 16.7. The van der Waals surface area contributed by atoms with Crippen LogP contribution in [0, 0.1) is 0 Å². The van der Waals surface area contributed by atoms with E-state index < -0.39 is 7.12 Å². The predicted molar refractivity (Wildman–Crippen MR) is 158 cm³/mol. The first-order valence-corrected chi connectivity index (χ1v) is 13.0. The van der Waals surface area contributed by atoms with Gasteiger partial charge in [-0.2, -0.15) is 5.10 Å². The summed E-state index contributed by atoms with van der Waals surface area (Å²) in [6.45, 7) is 10.3. The van der Waals surface area contributed by atoms with E-state index in [0.29, 0.717) is 34.9 Å². The maximum absolute atomic E-state index is 12.6. The molecule has 8 nitrogen and oxygen atoms in total. The van der Waals surface area contributed by atoms with Gasteiger partial charge in [-0.15, -0.1) is 0 Å². The van der Waals surface area contributed by atoms with Gasteiger partial charge in [0.25, 0.3) is 5.91 Å². The lowest BCUT2D eigenvalue weighted by Crippen LogP contribution is -2.41. The zero-order valence-electron chi connectivity index (χ0n) is 23.7. The first-order chi connectivity index (χ1) is 18.4. The number of hydrazone groups is 1. The van der Waals surface area contributed by atoms with Gasteiger partial charge in [-0.3, -0.25) is 4.79 Å². The van der Waals surface area contributed by atoms with Crippen molar-refractivity contribution >= 4 is 35.6 Å². The molecule has 3 aromatic rings. The van der Waals surface area contributed by atoms with Crippen LogP contribution in [0.25, 0.3) is 0 Å². The maximum atomic E-state index is 12.6. The summed E-state index contributed by atoms with van der Waals surface area (Å²) < 4.78 is 18.4. The Bertz CT molecular complexity index is 1340. The van der Waals surface area contributed by atoms with E-state index in [-0.39, 0.29) is 17.1 Å². The van der Waals surface area contributed by atoms with Gasteiger partial charge in [-0.05, 0) is 88.1 Å². The molecule has 3 aromatic carbocycles. The average molecular weight is 528 g/mol. The summed E-state index contributed by atoms with van der Waals surface area (Å²) in [6.07, 6.45) is 0. The highest BCUT2D eigenvalue weighted by Crippen LogP contribution is 2.36. The molecule has 39 heavy (non-hydrogen) atoms. The van der Waals surface area contributed by atoms with Crippen LogP contribution in [0.3, 0.4) is 0 Å². The Morgan fingerprint density at radius 2 is 1.59 bits per heavy atom. The lowest BCUT2D eigenvalue weighted by molar-refractivity contribution is 0.00578. The molecule has 9 heteroatoms. The first kappa shape index (κ1) is 28.2. The summed E-state index contributed by atoms with van der Waals surface area (Å²) >= 11 is 0. The van der Waals surface area contributed by atoms with Crippen LogP contribution in [-0.4, -0.2) is 44.0 Å². The van der Waals surface area contributed by atoms with Crippen LogP contribution < -0.4 is 26.3 Å². The van der Waals surface area contributed by atoms with Gasteiger partial charge >= 0.3 is 7.12 Å². The summed E-state index contributed by atoms with van der Waals surface area (Å²) in [4.78, 5) is 14.6. The SMILES string of the molecule is CC(=NNC(=O)c1ccc(N(C)C)cc1)c1cc(N)ccc1OCc1ccc(B2OC(C)(C)C(C)(C)O2)cc1. The van der Waals surface area contributed by atoms with Crippen LogP contribution in [0.5, 0.6) is 5.75 Å². The van der Waals surface area contributed by atoms with Gasteiger partial charge in [0.2, 0.25) is 0 Å². The van der Waals surface area contributed by atoms with Gasteiger partial charge < -0.3 is 24.7 Å². The number of nitrogens with zero attached hydrogens (tertiary/aromatic N) is 2. The fraction of sp³-hybridized carbons (Fsp3) is 0.333. The number of nitrogens with two attached hydrogens (primary N) is 1. The second kappa shape index (κ2) is 11.1. The zero-order valence-corrected chi connectivity index (χ0v) is 23.7. The molecule has 0 atom stereocenters. The highest BCUT2D eigenvalue weighted by molar-refractivity contribution is 6.62.